The van der Waals surface area contributed by atoms with Gasteiger partial charge in [-0.15, -0.1) is 10.2 Å². The van der Waals surface area contributed by atoms with Crippen LogP contribution in [0.4, 0.5) is 5.13 Å². The first kappa shape index (κ1) is 24.6. The Morgan fingerprint density at radius 3 is 2.53 bits per heavy atom. The van der Waals surface area contributed by atoms with E-state index < -0.39 is 21.7 Å². The first-order valence-electron chi connectivity index (χ1n) is 9.71. The lowest BCUT2D eigenvalue weighted by molar-refractivity contribution is -0.112. The summed E-state index contributed by atoms with van der Waals surface area (Å²) in [5.74, 6) is -0.696. The van der Waals surface area contributed by atoms with Gasteiger partial charge in [0.15, 0.2) is 0 Å². The van der Waals surface area contributed by atoms with E-state index in [0.717, 1.165) is 0 Å². The number of esters is 1. The molecular weight excluding hydrogens is 480 g/mol. The van der Waals surface area contributed by atoms with Gasteiger partial charge in [0, 0.05) is 0 Å². The number of nitriles is 1. The molecule has 0 bridgehead atoms. The Kier molecular flexibility index (Phi) is 7.72. The van der Waals surface area contributed by atoms with E-state index in [1.807, 2.05) is 0 Å². The van der Waals surface area contributed by atoms with E-state index in [9.17, 15) is 23.3 Å². The molecule has 12 heteroatoms. The Morgan fingerprint density at radius 1 is 1.15 bits per heavy atom. The van der Waals surface area contributed by atoms with Crippen molar-refractivity contribution >= 4 is 44.3 Å². The molecule has 3 aromatic rings. The van der Waals surface area contributed by atoms with Crippen molar-refractivity contribution in [3.05, 3.63) is 65.2 Å². The molecule has 10 nitrogen and oxygen atoms in total. The Labute approximate surface area is 199 Å². The number of aromatic nitrogens is 2. The van der Waals surface area contributed by atoms with Gasteiger partial charge in [0.1, 0.15) is 23.1 Å². The third kappa shape index (κ3) is 6.03. The third-order valence-electron chi connectivity index (χ3n) is 4.35. The third-order valence-corrected chi connectivity index (χ3v) is 7.36. The number of amides is 1. The van der Waals surface area contributed by atoms with Gasteiger partial charge in [-0.1, -0.05) is 36.5 Å². The highest BCUT2D eigenvalue weighted by Crippen LogP contribution is 2.22. The van der Waals surface area contributed by atoms with Crippen LogP contribution in [0.1, 0.15) is 22.8 Å². The van der Waals surface area contributed by atoms with Crippen LogP contribution in [0.2, 0.25) is 0 Å². The van der Waals surface area contributed by atoms with Gasteiger partial charge in [-0.25, -0.2) is 13.2 Å². The second-order valence-electron chi connectivity index (χ2n) is 6.59. The SMILES string of the molecule is CCS(=O)(=O)c1nnc(NC(=O)/C(C#N)=C\c2ccc(OC(=O)c3cccc(OC)c3)cc2)s1. The van der Waals surface area contributed by atoms with Crippen LogP contribution < -0.4 is 14.8 Å². The molecule has 0 saturated carbocycles. The quantitative estimate of drug-likeness (QED) is 0.162. The number of carbonyl (C=O) groups excluding carboxylic acids is 2. The lowest BCUT2D eigenvalue weighted by atomic mass is 10.1. The Hall–Kier alpha value is -4.08. The summed E-state index contributed by atoms with van der Waals surface area (Å²) in [6, 6.07) is 14.5. The first-order valence-corrected chi connectivity index (χ1v) is 12.2. The number of ether oxygens (including phenoxy) is 2. The van der Waals surface area contributed by atoms with Gasteiger partial charge in [-0.2, -0.15) is 5.26 Å². The fourth-order valence-corrected chi connectivity index (χ4v) is 4.52. The second-order valence-corrected chi connectivity index (χ2v) is 10.0. The molecule has 1 heterocycles. The number of carbonyl (C=O) groups is 2. The predicted molar refractivity (Wildman–Crippen MR) is 124 cm³/mol. The summed E-state index contributed by atoms with van der Waals surface area (Å²) < 4.78 is 33.9. The van der Waals surface area contributed by atoms with Crippen molar-refractivity contribution in [3.63, 3.8) is 0 Å². The van der Waals surface area contributed by atoms with E-state index in [1.54, 1.807) is 42.5 Å². The molecule has 3 rings (SSSR count). The zero-order valence-corrected chi connectivity index (χ0v) is 19.6. The van der Waals surface area contributed by atoms with Gasteiger partial charge >= 0.3 is 5.97 Å². The van der Waals surface area contributed by atoms with Crippen LogP contribution in [0.15, 0.2) is 58.4 Å². The molecule has 0 radical (unpaired) electrons. The average molecular weight is 499 g/mol. The van der Waals surface area contributed by atoms with Crippen LogP contribution in [0.3, 0.4) is 0 Å². The zero-order valence-electron chi connectivity index (χ0n) is 18.0. The molecule has 0 atom stereocenters. The first-order chi connectivity index (χ1) is 16.2. The standard InChI is InChI=1S/C22H18N4O6S2/c1-3-34(29,30)22-26-25-21(33-22)24-19(27)16(13-23)11-14-7-9-17(10-8-14)32-20(28)15-5-4-6-18(12-15)31-2/h4-12H,3H2,1-2H3,(H,24,25,27)/b16-11-. The van der Waals surface area contributed by atoms with Gasteiger partial charge in [-0.3, -0.25) is 10.1 Å². The minimum Gasteiger partial charge on any atom is -0.497 e. The summed E-state index contributed by atoms with van der Waals surface area (Å²) >= 11 is 0.700. The maximum atomic E-state index is 12.4. The Morgan fingerprint density at radius 2 is 1.88 bits per heavy atom. The maximum absolute atomic E-state index is 12.4. The van der Waals surface area contributed by atoms with Crippen molar-refractivity contribution in [1.82, 2.24) is 10.2 Å². The number of benzene rings is 2. The summed E-state index contributed by atoms with van der Waals surface area (Å²) in [6.45, 7) is 1.47. The van der Waals surface area contributed by atoms with E-state index >= 15 is 0 Å². The highest BCUT2D eigenvalue weighted by atomic mass is 32.2. The number of hydrogen-bond acceptors (Lipinski definition) is 10. The normalized spacial score (nSPS) is 11.4. The van der Waals surface area contributed by atoms with Crippen molar-refractivity contribution in [3.8, 4) is 17.6 Å². The molecule has 1 aromatic heterocycles. The van der Waals surface area contributed by atoms with E-state index in [0.29, 0.717) is 28.2 Å². The van der Waals surface area contributed by atoms with Gasteiger partial charge < -0.3 is 9.47 Å². The predicted octanol–water partition coefficient (Wildman–Crippen LogP) is 3.11. The topological polar surface area (TPSA) is 148 Å². The molecule has 0 aliphatic rings. The summed E-state index contributed by atoms with van der Waals surface area (Å²) in [7, 11) is -2.06. The number of rotatable bonds is 8. The molecule has 0 fully saturated rings. The number of methoxy groups -OCH3 is 1. The highest BCUT2D eigenvalue weighted by molar-refractivity contribution is 7.93. The summed E-state index contributed by atoms with van der Waals surface area (Å²) in [6.07, 6.45) is 1.33. The highest BCUT2D eigenvalue weighted by Gasteiger charge is 2.20. The number of nitrogens with one attached hydrogen (secondary N) is 1. The van der Waals surface area contributed by atoms with Crippen molar-refractivity contribution in [2.45, 2.75) is 11.3 Å². The fourth-order valence-electron chi connectivity index (χ4n) is 2.54. The molecule has 1 N–H and O–H groups in total. The molecule has 2 aromatic carbocycles. The van der Waals surface area contributed by atoms with Crippen LogP contribution in [0.25, 0.3) is 6.08 Å². The minimum atomic E-state index is -3.55. The molecule has 0 aliphatic heterocycles. The zero-order chi connectivity index (χ0) is 24.7. The molecule has 1 amide bonds. The fraction of sp³-hybridized carbons (Fsp3) is 0.136. The van der Waals surface area contributed by atoms with E-state index in [-0.39, 0.29) is 26.5 Å². The summed E-state index contributed by atoms with van der Waals surface area (Å²) in [4.78, 5) is 24.7. The van der Waals surface area contributed by atoms with Crippen LogP contribution >= 0.6 is 11.3 Å². The minimum absolute atomic E-state index is 0.0435. The number of hydrogen-bond donors (Lipinski definition) is 1. The van der Waals surface area contributed by atoms with Crippen LogP contribution in [-0.4, -0.2) is 43.4 Å². The Bertz CT molecular complexity index is 1390. The molecule has 0 aliphatic carbocycles. The Balaban J connectivity index is 1.68. The summed E-state index contributed by atoms with van der Waals surface area (Å²) in [5.41, 5.74) is 0.578. The lowest BCUT2D eigenvalue weighted by Crippen LogP contribution is -2.13. The van der Waals surface area contributed by atoms with Crippen molar-refractivity contribution in [2.24, 2.45) is 0 Å². The van der Waals surface area contributed by atoms with Crippen LogP contribution in [0, 0.1) is 11.3 Å². The van der Waals surface area contributed by atoms with Crippen LogP contribution in [-0.2, 0) is 14.6 Å². The van der Waals surface area contributed by atoms with E-state index in [4.69, 9.17) is 9.47 Å². The number of nitrogens with zero attached hydrogens (tertiary/aromatic N) is 3. The van der Waals surface area contributed by atoms with E-state index in [1.165, 1.54) is 32.2 Å². The number of sulfone groups is 1. The van der Waals surface area contributed by atoms with Crippen molar-refractivity contribution in [2.75, 3.05) is 18.2 Å². The van der Waals surface area contributed by atoms with Crippen molar-refractivity contribution in [1.29, 1.82) is 5.26 Å². The summed E-state index contributed by atoms with van der Waals surface area (Å²) in [5, 5.41) is 18.9. The average Bonchev–Trinajstić information content (AvgIpc) is 3.32. The molecule has 174 valence electrons. The molecular formula is C22H18N4O6S2. The van der Waals surface area contributed by atoms with Gasteiger partial charge in [0.2, 0.25) is 19.3 Å². The smallest absolute Gasteiger partial charge is 0.343 e. The molecule has 0 saturated heterocycles. The van der Waals surface area contributed by atoms with Crippen molar-refractivity contribution < 1.29 is 27.5 Å². The van der Waals surface area contributed by atoms with Crippen LogP contribution in [0.5, 0.6) is 11.5 Å². The second kappa shape index (κ2) is 10.7. The van der Waals surface area contributed by atoms with Gasteiger partial charge in [-0.05, 0) is 42.0 Å². The van der Waals surface area contributed by atoms with E-state index in [2.05, 4.69) is 15.5 Å². The van der Waals surface area contributed by atoms with Gasteiger partial charge in [0.05, 0.1) is 18.4 Å². The monoisotopic (exact) mass is 498 g/mol. The molecule has 34 heavy (non-hydrogen) atoms. The maximum Gasteiger partial charge on any atom is 0.343 e. The molecule has 0 spiro atoms. The lowest BCUT2D eigenvalue weighted by Gasteiger charge is -2.06. The number of anilines is 1. The van der Waals surface area contributed by atoms with Gasteiger partial charge in [0.25, 0.3) is 5.91 Å². The molecule has 0 unspecified atom stereocenters. The largest absolute Gasteiger partial charge is 0.497 e.